The predicted octanol–water partition coefficient (Wildman–Crippen LogP) is 1.10. The molecule has 1 amide bonds. The zero-order valence-corrected chi connectivity index (χ0v) is 9.95. The van der Waals surface area contributed by atoms with Crippen LogP contribution in [0.3, 0.4) is 0 Å². The van der Waals surface area contributed by atoms with E-state index in [1.807, 2.05) is 22.9 Å². The Kier molecular flexibility index (Phi) is 2.42. The van der Waals surface area contributed by atoms with Gasteiger partial charge in [0.15, 0.2) is 0 Å². The molecule has 0 saturated heterocycles. The molecule has 0 spiro atoms. The molecule has 3 rings (SSSR count). The van der Waals surface area contributed by atoms with E-state index in [1.54, 1.807) is 24.4 Å². The van der Waals surface area contributed by atoms with Crippen LogP contribution in [-0.2, 0) is 0 Å². The maximum absolute atomic E-state index is 11.2. The summed E-state index contributed by atoms with van der Waals surface area (Å²) < 4.78 is 1.83. The first-order chi connectivity index (χ1) is 9.15. The summed E-state index contributed by atoms with van der Waals surface area (Å²) in [6, 6.07) is 8.89. The van der Waals surface area contributed by atoms with Gasteiger partial charge < -0.3 is 16.0 Å². The highest BCUT2D eigenvalue weighted by Crippen LogP contribution is 2.19. The lowest BCUT2D eigenvalue weighted by atomic mass is 10.2. The highest BCUT2D eigenvalue weighted by Gasteiger charge is 2.07. The third kappa shape index (κ3) is 1.89. The SMILES string of the molecule is NC(=O)c1cccc(-n2ccc3cnc(N)nc32)c1. The molecule has 0 radical (unpaired) electrons. The van der Waals surface area contributed by atoms with Crippen molar-refractivity contribution in [2.45, 2.75) is 0 Å². The number of carbonyl (C=O) groups is 1. The highest BCUT2D eigenvalue weighted by atomic mass is 16.1. The highest BCUT2D eigenvalue weighted by molar-refractivity contribution is 5.93. The van der Waals surface area contributed by atoms with Gasteiger partial charge in [-0.2, -0.15) is 4.98 Å². The average Bonchev–Trinajstić information content (AvgIpc) is 2.81. The number of anilines is 1. The van der Waals surface area contributed by atoms with Gasteiger partial charge in [0.1, 0.15) is 5.65 Å². The molecule has 0 aliphatic carbocycles. The van der Waals surface area contributed by atoms with Crippen molar-refractivity contribution in [2.75, 3.05) is 5.73 Å². The number of rotatable bonds is 2. The minimum absolute atomic E-state index is 0.207. The minimum Gasteiger partial charge on any atom is -0.368 e. The first-order valence-electron chi connectivity index (χ1n) is 5.65. The summed E-state index contributed by atoms with van der Waals surface area (Å²) in [7, 11) is 0. The summed E-state index contributed by atoms with van der Waals surface area (Å²) in [5.74, 6) is -0.258. The monoisotopic (exact) mass is 253 g/mol. The van der Waals surface area contributed by atoms with Crippen molar-refractivity contribution in [1.82, 2.24) is 14.5 Å². The number of nitrogens with zero attached hydrogens (tertiary/aromatic N) is 3. The lowest BCUT2D eigenvalue weighted by Gasteiger charge is -2.06. The van der Waals surface area contributed by atoms with Crippen LogP contribution < -0.4 is 11.5 Å². The fourth-order valence-corrected chi connectivity index (χ4v) is 1.95. The molecule has 0 fully saturated rings. The number of aromatic nitrogens is 3. The number of hydrogen-bond acceptors (Lipinski definition) is 4. The topological polar surface area (TPSA) is 99.8 Å². The number of carbonyl (C=O) groups excluding carboxylic acids is 1. The van der Waals surface area contributed by atoms with Crippen molar-refractivity contribution in [1.29, 1.82) is 0 Å². The zero-order valence-electron chi connectivity index (χ0n) is 9.95. The number of nitrogens with two attached hydrogens (primary N) is 2. The van der Waals surface area contributed by atoms with Gasteiger partial charge in [-0.25, -0.2) is 4.98 Å². The maximum Gasteiger partial charge on any atom is 0.248 e. The number of nitrogen functional groups attached to an aromatic ring is 1. The molecule has 2 heterocycles. The van der Waals surface area contributed by atoms with E-state index in [1.165, 1.54) is 0 Å². The summed E-state index contributed by atoms with van der Waals surface area (Å²) in [5.41, 5.74) is 12.8. The number of benzene rings is 1. The molecule has 6 nitrogen and oxygen atoms in total. The van der Waals surface area contributed by atoms with Gasteiger partial charge in [-0.3, -0.25) is 4.79 Å². The number of amides is 1. The molecular formula is C13H11N5O. The molecular weight excluding hydrogens is 242 g/mol. The predicted molar refractivity (Wildman–Crippen MR) is 71.8 cm³/mol. The molecule has 0 bridgehead atoms. The van der Waals surface area contributed by atoms with Crippen LogP contribution in [-0.4, -0.2) is 20.4 Å². The van der Waals surface area contributed by atoms with E-state index in [0.717, 1.165) is 11.1 Å². The van der Waals surface area contributed by atoms with Gasteiger partial charge in [0.2, 0.25) is 11.9 Å². The Morgan fingerprint density at radius 3 is 2.89 bits per heavy atom. The fourth-order valence-electron chi connectivity index (χ4n) is 1.95. The molecule has 19 heavy (non-hydrogen) atoms. The van der Waals surface area contributed by atoms with Gasteiger partial charge >= 0.3 is 0 Å². The summed E-state index contributed by atoms with van der Waals surface area (Å²) in [4.78, 5) is 19.3. The Balaban J connectivity index is 2.21. The van der Waals surface area contributed by atoms with E-state index in [-0.39, 0.29) is 5.95 Å². The normalized spacial score (nSPS) is 10.7. The van der Waals surface area contributed by atoms with Crippen molar-refractivity contribution < 1.29 is 4.79 Å². The largest absolute Gasteiger partial charge is 0.368 e. The van der Waals surface area contributed by atoms with Crippen LogP contribution in [0, 0.1) is 0 Å². The van der Waals surface area contributed by atoms with Crippen molar-refractivity contribution in [3.8, 4) is 5.69 Å². The summed E-state index contributed by atoms with van der Waals surface area (Å²) >= 11 is 0. The van der Waals surface area contributed by atoms with Crippen molar-refractivity contribution in [3.05, 3.63) is 48.3 Å². The molecule has 0 unspecified atom stereocenters. The average molecular weight is 253 g/mol. The molecule has 0 atom stereocenters. The van der Waals surface area contributed by atoms with E-state index >= 15 is 0 Å². The van der Waals surface area contributed by atoms with E-state index in [4.69, 9.17) is 11.5 Å². The lowest BCUT2D eigenvalue weighted by Crippen LogP contribution is -2.11. The van der Waals surface area contributed by atoms with Gasteiger partial charge in [0, 0.05) is 29.0 Å². The number of fused-ring (bicyclic) bond motifs is 1. The molecule has 6 heteroatoms. The van der Waals surface area contributed by atoms with E-state index < -0.39 is 5.91 Å². The van der Waals surface area contributed by atoms with E-state index in [0.29, 0.717) is 11.2 Å². The molecule has 3 aromatic rings. The molecule has 1 aromatic carbocycles. The number of primary amides is 1. The molecule has 0 aliphatic rings. The van der Waals surface area contributed by atoms with Gasteiger partial charge in [-0.05, 0) is 24.3 Å². The van der Waals surface area contributed by atoms with E-state index in [2.05, 4.69) is 9.97 Å². The Labute approximate surface area is 108 Å². The Morgan fingerprint density at radius 1 is 1.26 bits per heavy atom. The molecule has 0 aliphatic heterocycles. The first-order valence-corrected chi connectivity index (χ1v) is 5.65. The summed E-state index contributed by atoms with van der Waals surface area (Å²) in [5, 5.41) is 0.874. The maximum atomic E-state index is 11.2. The third-order valence-electron chi connectivity index (χ3n) is 2.85. The zero-order chi connectivity index (χ0) is 13.4. The van der Waals surface area contributed by atoms with Crippen LogP contribution in [0.5, 0.6) is 0 Å². The second-order valence-corrected chi connectivity index (χ2v) is 4.11. The van der Waals surface area contributed by atoms with Crippen LogP contribution in [0.2, 0.25) is 0 Å². The molecule has 4 N–H and O–H groups in total. The standard InChI is InChI=1S/C13H11N5O/c14-11(19)8-2-1-3-10(6-8)18-5-4-9-7-16-13(15)17-12(9)18/h1-7H,(H2,14,19)(H2,15,16,17). The van der Waals surface area contributed by atoms with Gasteiger partial charge in [-0.15, -0.1) is 0 Å². The number of hydrogen-bond donors (Lipinski definition) is 2. The fraction of sp³-hybridized carbons (Fsp3) is 0. The molecule has 2 aromatic heterocycles. The van der Waals surface area contributed by atoms with E-state index in [9.17, 15) is 4.79 Å². The van der Waals surface area contributed by atoms with Crippen molar-refractivity contribution >= 4 is 22.9 Å². The smallest absolute Gasteiger partial charge is 0.248 e. The third-order valence-corrected chi connectivity index (χ3v) is 2.85. The Bertz CT molecular complexity index is 778. The Morgan fingerprint density at radius 2 is 2.11 bits per heavy atom. The van der Waals surface area contributed by atoms with Crippen LogP contribution in [0.25, 0.3) is 16.7 Å². The minimum atomic E-state index is -0.465. The van der Waals surface area contributed by atoms with Gasteiger partial charge in [0.25, 0.3) is 0 Å². The first kappa shape index (κ1) is 11.2. The second-order valence-electron chi connectivity index (χ2n) is 4.11. The van der Waals surface area contributed by atoms with Crippen LogP contribution in [0.4, 0.5) is 5.95 Å². The van der Waals surface area contributed by atoms with Crippen LogP contribution in [0.1, 0.15) is 10.4 Å². The summed E-state index contributed by atoms with van der Waals surface area (Å²) in [6.45, 7) is 0. The Hall–Kier alpha value is -2.89. The molecule has 94 valence electrons. The van der Waals surface area contributed by atoms with Crippen LogP contribution in [0.15, 0.2) is 42.7 Å². The van der Waals surface area contributed by atoms with Gasteiger partial charge in [0.05, 0.1) is 0 Å². The molecule has 0 saturated carbocycles. The van der Waals surface area contributed by atoms with Gasteiger partial charge in [-0.1, -0.05) is 6.07 Å². The summed E-state index contributed by atoms with van der Waals surface area (Å²) in [6.07, 6.45) is 3.50. The quantitative estimate of drug-likeness (QED) is 0.714. The van der Waals surface area contributed by atoms with Crippen LogP contribution >= 0.6 is 0 Å². The van der Waals surface area contributed by atoms with Crippen molar-refractivity contribution in [3.63, 3.8) is 0 Å². The second kappa shape index (κ2) is 4.09. The lowest BCUT2D eigenvalue weighted by molar-refractivity contribution is 0.100. The van der Waals surface area contributed by atoms with Crippen molar-refractivity contribution in [2.24, 2.45) is 5.73 Å².